The lowest BCUT2D eigenvalue weighted by Crippen LogP contribution is -2.25. The topological polar surface area (TPSA) is 26.3 Å². The first kappa shape index (κ1) is 13.8. The van der Waals surface area contributed by atoms with Crippen molar-refractivity contribution in [2.24, 2.45) is 0 Å². The van der Waals surface area contributed by atoms with Crippen molar-refractivity contribution < 1.29 is 22.7 Å². The average molecular weight is 267 g/mol. The molecule has 0 saturated carbocycles. The minimum atomic E-state index is -1.52. The monoisotopic (exact) mass is 266 g/mol. The second kappa shape index (κ2) is 4.56. The van der Waals surface area contributed by atoms with E-state index in [1.807, 2.05) is 0 Å². The highest BCUT2D eigenvalue weighted by molar-refractivity contribution is 6.33. The molecule has 0 N–H and O–H groups in total. The molecular formula is C11H10ClF3O2. The van der Waals surface area contributed by atoms with Gasteiger partial charge in [0.15, 0.2) is 11.6 Å². The number of esters is 1. The van der Waals surface area contributed by atoms with E-state index in [0.29, 0.717) is 0 Å². The predicted molar refractivity (Wildman–Crippen MR) is 56.5 cm³/mol. The van der Waals surface area contributed by atoms with E-state index in [1.54, 1.807) is 0 Å². The van der Waals surface area contributed by atoms with Gasteiger partial charge in [0.1, 0.15) is 17.0 Å². The van der Waals surface area contributed by atoms with Crippen LogP contribution in [-0.4, -0.2) is 11.6 Å². The van der Waals surface area contributed by atoms with E-state index < -0.39 is 39.6 Å². The van der Waals surface area contributed by atoms with Gasteiger partial charge in [0.2, 0.25) is 0 Å². The molecule has 0 spiro atoms. The van der Waals surface area contributed by atoms with E-state index in [9.17, 15) is 18.0 Å². The Morgan fingerprint density at radius 2 is 1.76 bits per heavy atom. The molecule has 1 rings (SSSR count). The van der Waals surface area contributed by atoms with Crippen LogP contribution in [0, 0.1) is 17.5 Å². The Morgan fingerprint density at radius 1 is 1.24 bits per heavy atom. The second-order valence-electron chi connectivity index (χ2n) is 4.35. The number of hydrogen-bond acceptors (Lipinski definition) is 2. The van der Waals surface area contributed by atoms with Gasteiger partial charge < -0.3 is 4.74 Å². The van der Waals surface area contributed by atoms with Crippen LogP contribution >= 0.6 is 11.6 Å². The Hall–Kier alpha value is -1.23. The van der Waals surface area contributed by atoms with Crippen LogP contribution in [-0.2, 0) is 4.74 Å². The molecule has 17 heavy (non-hydrogen) atoms. The van der Waals surface area contributed by atoms with Crippen molar-refractivity contribution in [2.45, 2.75) is 26.4 Å². The van der Waals surface area contributed by atoms with Crippen molar-refractivity contribution in [3.05, 3.63) is 34.1 Å². The van der Waals surface area contributed by atoms with Crippen molar-refractivity contribution >= 4 is 17.6 Å². The molecule has 0 aliphatic carbocycles. The normalized spacial score (nSPS) is 11.5. The number of ether oxygens (including phenoxy) is 1. The second-order valence-corrected chi connectivity index (χ2v) is 4.72. The lowest BCUT2D eigenvalue weighted by molar-refractivity contribution is 0.00633. The third-order valence-electron chi connectivity index (χ3n) is 1.71. The fourth-order valence-electron chi connectivity index (χ4n) is 1.08. The first-order valence-corrected chi connectivity index (χ1v) is 5.07. The lowest BCUT2D eigenvalue weighted by atomic mass is 10.1. The fourth-order valence-corrected chi connectivity index (χ4v) is 1.30. The van der Waals surface area contributed by atoms with Crippen LogP contribution in [0.25, 0.3) is 0 Å². The molecule has 0 radical (unpaired) electrons. The summed E-state index contributed by atoms with van der Waals surface area (Å²) in [5.41, 5.74) is -1.85. The SMILES string of the molecule is CC(C)(C)OC(=O)c1c(F)c(F)cc(F)c1Cl. The van der Waals surface area contributed by atoms with Crippen LogP contribution < -0.4 is 0 Å². The summed E-state index contributed by atoms with van der Waals surface area (Å²) in [6, 6.07) is 0.269. The number of carbonyl (C=O) groups excluding carboxylic acids is 1. The van der Waals surface area contributed by atoms with E-state index >= 15 is 0 Å². The molecule has 0 unspecified atom stereocenters. The zero-order valence-electron chi connectivity index (χ0n) is 9.41. The molecule has 0 atom stereocenters. The van der Waals surface area contributed by atoms with E-state index in [4.69, 9.17) is 16.3 Å². The Labute approximate surface area is 101 Å². The first-order chi connectivity index (χ1) is 7.63. The fraction of sp³-hybridized carbons (Fsp3) is 0.364. The number of hydrogen-bond donors (Lipinski definition) is 0. The van der Waals surface area contributed by atoms with E-state index in [1.165, 1.54) is 20.8 Å². The highest BCUT2D eigenvalue weighted by Gasteiger charge is 2.27. The molecule has 0 amide bonds. The Balaban J connectivity index is 3.27. The van der Waals surface area contributed by atoms with Crippen molar-refractivity contribution in [2.75, 3.05) is 0 Å². The standard InChI is InChI=1S/C11H10ClF3O2/c1-11(2,3)17-10(16)7-8(12)5(13)4-6(14)9(7)15/h4H,1-3H3. The number of rotatable bonds is 1. The maximum Gasteiger partial charge on any atom is 0.343 e. The first-order valence-electron chi connectivity index (χ1n) is 4.70. The van der Waals surface area contributed by atoms with E-state index in [2.05, 4.69) is 0 Å². The van der Waals surface area contributed by atoms with Gasteiger partial charge in [0.05, 0.1) is 5.02 Å². The smallest absolute Gasteiger partial charge is 0.343 e. The largest absolute Gasteiger partial charge is 0.456 e. The molecule has 94 valence electrons. The Morgan fingerprint density at radius 3 is 2.24 bits per heavy atom. The van der Waals surface area contributed by atoms with Gasteiger partial charge in [0, 0.05) is 6.07 Å². The molecule has 2 nitrogen and oxygen atoms in total. The van der Waals surface area contributed by atoms with E-state index in [-0.39, 0.29) is 6.07 Å². The molecule has 1 aromatic carbocycles. The van der Waals surface area contributed by atoms with Crippen molar-refractivity contribution in [3.63, 3.8) is 0 Å². The van der Waals surface area contributed by atoms with Crippen molar-refractivity contribution in [3.8, 4) is 0 Å². The van der Waals surface area contributed by atoms with Crippen molar-refractivity contribution in [1.29, 1.82) is 0 Å². The highest BCUT2D eigenvalue weighted by Crippen LogP contribution is 2.27. The summed E-state index contributed by atoms with van der Waals surface area (Å²) in [7, 11) is 0. The summed E-state index contributed by atoms with van der Waals surface area (Å²) in [6.45, 7) is 4.60. The van der Waals surface area contributed by atoms with Gasteiger partial charge in [-0.3, -0.25) is 0 Å². The van der Waals surface area contributed by atoms with Gasteiger partial charge in [-0.05, 0) is 20.8 Å². The van der Waals surface area contributed by atoms with Crippen LogP contribution in [0.3, 0.4) is 0 Å². The van der Waals surface area contributed by atoms with Crippen LogP contribution in [0.4, 0.5) is 13.2 Å². The average Bonchev–Trinajstić information content (AvgIpc) is 2.12. The molecule has 0 saturated heterocycles. The van der Waals surface area contributed by atoms with Crippen molar-refractivity contribution in [1.82, 2.24) is 0 Å². The van der Waals surface area contributed by atoms with Gasteiger partial charge in [-0.2, -0.15) is 0 Å². The molecule has 0 aliphatic rings. The molecule has 0 fully saturated rings. The molecule has 0 heterocycles. The van der Waals surface area contributed by atoms with Crippen LogP contribution in [0.5, 0.6) is 0 Å². The van der Waals surface area contributed by atoms with E-state index in [0.717, 1.165) is 0 Å². The van der Waals surface area contributed by atoms with Gasteiger partial charge >= 0.3 is 5.97 Å². The summed E-state index contributed by atoms with van der Waals surface area (Å²) in [5, 5.41) is -0.793. The molecule has 0 bridgehead atoms. The van der Waals surface area contributed by atoms with Crippen LogP contribution in [0.2, 0.25) is 5.02 Å². The number of halogens is 4. The Bertz CT molecular complexity index is 441. The quantitative estimate of drug-likeness (QED) is 0.572. The summed E-state index contributed by atoms with van der Waals surface area (Å²) in [6.07, 6.45) is 0. The summed E-state index contributed by atoms with van der Waals surface area (Å²) >= 11 is 5.41. The Kier molecular flexibility index (Phi) is 3.71. The lowest BCUT2D eigenvalue weighted by Gasteiger charge is -2.20. The van der Waals surface area contributed by atoms with Crippen LogP contribution in [0.1, 0.15) is 31.1 Å². The van der Waals surface area contributed by atoms with Gasteiger partial charge in [-0.25, -0.2) is 18.0 Å². The molecule has 1 aromatic rings. The van der Waals surface area contributed by atoms with Gasteiger partial charge in [0.25, 0.3) is 0 Å². The summed E-state index contributed by atoms with van der Waals surface area (Å²) in [5.74, 6) is -5.44. The minimum absolute atomic E-state index is 0.269. The van der Waals surface area contributed by atoms with Gasteiger partial charge in [-0.15, -0.1) is 0 Å². The summed E-state index contributed by atoms with van der Waals surface area (Å²) < 4.78 is 44.1. The van der Waals surface area contributed by atoms with Crippen LogP contribution in [0.15, 0.2) is 6.07 Å². The number of carbonyl (C=O) groups is 1. The summed E-state index contributed by atoms with van der Waals surface area (Å²) in [4.78, 5) is 11.5. The molecular weight excluding hydrogens is 257 g/mol. The zero-order valence-corrected chi connectivity index (χ0v) is 10.2. The minimum Gasteiger partial charge on any atom is -0.456 e. The zero-order chi connectivity index (χ0) is 13.4. The van der Waals surface area contributed by atoms with Gasteiger partial charge in [-0.1, -0.05) is 11.6 Å². The third kappa shape index (κ3) is 3.12. The maximum atomic E-state index is 13.3. The molecule has 0 aromatic heterocycles. The molecule has 0 aliphatic heterocycles. The number of benzene rings is 1. The molecule has 6 heteroatoms. The predicted octanol–water partition coefficient (Wildman–Crippen LogP) is 3.71. The maximum absolute atomic E-state index is 13.3. The highest BCUT2D eigenvalue weighted by atomic mass is 35.5. The third-order valence-corrected chi connectivity index (χ3v) is 2.08.